The Kier molecular flexibility index (Phi) is 4.53. The summed E-state index contributed by atoms with van der Waals surface area (Å²) in [5, 5.41) is 0. The van der Waals surface area contributed by atoms with Gasteiger partial charge in [-0.15, -0.1) is 0 Å². The Balaban J connectivity index is 2.47. The van der Waals surface area contributed by atoms with Crippen LogP contribution in [0, 0.1) is 6.92 Å². The summed E-state index contributed by atoms with van der Waals surface area (Å²) < 4.78 is 32.2. The molecule has 112 valence electrons. The first-order valence-corrected chi connectivity index (χ1v) is 8.17. The number of ether oxygens (including phenoxy) is 1. The maximum absolute atomic E-state index is 12.8. The summed E-state index contributed by atoms with van der Waals surface area (Å²) in [4.78, 5) is 0.270. The van der Waals surface area contributed by atoms with Crippen LogP contribution in [0.1, 0.15) is 12.5 Å². The molecule has 2 aromatic carbocycles. The molecule has 0 unspecified atom stereocenters. The van der Waals surface area contributed by atoms with E-state index in [1.54, 1.807) is 37.4 Å². The number of hydrogen-bond donors (Lipinski definition) is 0. The molecule has 0 radical (unpaired) electrons. The molecule has 0 bridgehead atoms. The molecular formula is C16H19NO3S. The molecule has 5 heteroatoms. The van der Waals surface area contributed by atoms with E-state index < -0.39 is 10.0 Å². The van der Waals surface area contributed by atoms with E-state index in [2.05, 4.69) is 0 Å². The molecule has 0 spiro atoms. The molecule has 2 rings (SSSR count). The molecule has 0 amide bonds. The highest BCUT2D eigenvalue weighted by atomic mass is 32.2. The van der Waals surface area contributed by atoms with Gasteiger partial charge in [0.2, 0.25) is 0 Å². The van der Waals surface area contributed by atoms with Crippen molar-refractivity contribution >= 4 is 15.7 Å². The van der Waals surface area contributed by atoms with Gasteiger partial charge in [0.25, 0.3) is 10.0 Å². The van der Waals surface area contributed by atoms with E-state index in [-0.39, 0.29) is 4.90 Å². The van der Waals surface area contributed by atoms with Crippen molar-refractivity contribution in [1.29, 1.82) is 0 Å². The quantitative estimate of drug-likeness (QED) is 0.852. The van der Waals surface area contributed by atoms with Gasteiger partial charge in [-0.05, 0) is 49.7 Å². The van der Waals surface area contributed by atoms with Gasteiger partial charge in [-0.25, -0.2) is 8.42 Å². The highest BCUT2D eigenvalue weighted by Gasteiger charge is 2.23. The first kappa shape index (κ1) is 15.4. The van der Waals surface area contributed by atoms with Gasteiger partial charge >= 0.3 is 0 Å². The van der Waals surface area contributed by atoms with Gasteiger partial charge in [-0.2, -0.15) is 0 Å². The molecule has 0 heterocycles. The topological polar surface area (TPSA) is 46.6 Å². The predicted octanol–water partition coefficient (Wildman–Crippen LogP) is 3.22. The summed E-state index contributed by atoms with van der Waals surface area (Å²) in [6.07, 6.45) is 0. The molecule has 0 aromatic heterocycles. The highest BCUT2D eigenvalue weighted by Crippen LogP contribution is 2.26. The Hall–Kier alpha value is -2.01. The average molecular weight is 305 g/mol. The van der Waals surface area contributed by atoms with Crippen molar-refractivity contribution in [3.05, 3.63) is 54.1 Å². The lowest BCUT2D eigenvalue weighted by atomic mass is 10.2. The van der Waals surface area contributed by atoms with Crippen LogP contribution in [0.4, 0.5) is 5.69 Å². The molecule has 0 aliphatic heterocycles. The first-order valence-electron chi connectivity index (χ1n) is 6.73. The van der Waals surface area contributed by atoms with Crippen molar-refractivity contribution in [2.24, 2.45) is 0 Å². The molecule has 2 aromatic rings. The van der Waals surface area contributed by atoms with E-state index in [4.69, 9.17) is 4.74 Å². The minimum Gasteiger partial charge on any atom is -0.496 e. The monoisotopic (exact) mass is 305 g/mol. The van der Waals surface area contributed by atoms with E-state index in [1.165, 1.54) is 4.31 Å². The highest BCUT2D eigenvalue weighted by molar-refractivity contribution is 7.92. The van der Waals surface area contributed by atoms with Crippen LogP contribution in [0.15, 0.2) is 53.4 Å². The summed E-state index contributed by atoms with van der Waals surface area (Å²) in [7, 11) is -2.01. The lowest BCUT2D eigenvalue weighted by Crippen LogP contribution is -2.30. The van der Waals surface area contributed by atoms with Crippen LogP contribution in [0.25, 0.3) is 0 Å². The number of anilines is 1. The summed E-state index contributed by atoms with van der Waals surface area (Å²) in [5.41, 5.74) is 1.45. The fourth-order valence-electron chi connectivity index (χ4n) is 2.22. The van der Waals surface area contributed by atoms with Crippen molar-refractivity contribution in [2.75, 3.05) is 18.0 Å². The smallest absolute Gasteiger partial charge is 0.264 e. The molecule has 0 aliphatic carbocycles. The van der Waals surface area contributed by atoms with Gasteiger partial charge in [0.05, 0.1) is 17.7 Å². The molecule has 0 N–H and O–H groups in total. The van der Waals surface area contributed by atoms with Crippen LogP contribution in [0.5, 0.6) is 5.75 Å². The largest absolute Gasteiger partial charge is 0.496 e. The Morgan fingerprint density at radius 2 is 1.76 bits per heavy atom. The van der Waals surface area contributed by atoms with Crippen LogP contribution in [0.2, 0.25) is 0 Å². The lowest BCUT2D eigenvalue weighted by molar-refractivity contribution is 0.411. The third-order valence-corrected chi connectivity index (χ3v) is 5.18. The van der Waals surface area contributed by atoms with Crippen molar-refractivity contribution in [2.45, 2.75) is 18.7 Å². The SMILES string of the molecule is CCN(c1ccccc1)S(=O)(=O)c1ccc(OC)c(C)c1. The molecule has 0 saturated heterocycles. The van der Waals surface area contributed by atoms with Crippen LogP contribution in [-0.4, -0.2) is 22.1 Å². The van der Waals surface area contributed by atoms with Crippen LogP contribution >= 0.6 is 0 Å². The zero-order chi connectivity index (χ0) is 15.5. The average Bonchev–Trinajstić information content (AvgIpc) is 2.48. The van der Waals surface area contributed by atoms with Gasteiger partial charge in [0.15, 0.2) is 0 Å². The van der Waals surface area contributed by atoms with E-state index in [0.717, 1.165) is 5.56 Å². The molecular weight excluding hydrogens is 286 g/mol. The second kappa shape index (κ2) is 6.18. The van der Waals surface area contributed by atoms with E-state index in [0.29, 0.717) is 18.0 Å². The van der Waals surface area contributed by atoms with Crippen LogP contribution in [-0.2, 0) is 10.0 Å². The molecule has 0 saturated carbocycles. The number of nitrogens with zero attached hydrogens (tertiary/aromatic N) is 1. The van der Waals surface area contributed by atoms with Crippen molar-refractivity contribution < 1.29 is 13.2 Å². The second-order valence-corrected chi connectivity index (χ2v) is 6.50. The fraction of sp³-hybridized carbons (Fsp3) is 0.250. The predicted molar refractivity (Wildman–Crippen MR) is 84.4 cm³/mol. The summed E-state index contributed by atoms with van der Waals surface area (Å²) >= 11 is 0. The summed E-state index contributed by atoms with van der Waals surface area (Å²) in [6.45, 7) is 4.02. The van der Waals surface area contributed by atoms with Crippen molar-refractivity contribution in [3.8, 4) is 5.75 Å². The van der Waals surface area contributed by atoms with Gasteiger partial charge in [-0.3, -0.25) is 4.31 Å². The first-order chi connectivity index (χ1) is 10.0. The van der Waals surface area contributed by atoms with Crippen molar-refractivity contribution in [1.82, 2.24) is 0 Å². The zero-order valence-corrected chi connectivity index (χ0v) is 13.2. The number of aryl methyl sites for hydroxylation is 1. The number of sulfonamides is 1. The number of benzene rings is 2. The standard InChI is InChI=1S/C16H19NO3S/c1-4-17(14-8-6-5-7-9-14)21(18,19)15-10-11-16(20-3)13(2)12-15/h5-12H,4H2,1-3H3. The van der Waals surface area contributed by atoms with E-state index >= 15 is 0 Å². The Morgan fingerprint density at radius 3 is 2.29 bits per heavy atom. The molecule has 0 atom stereocenters. The third-order valence-electron chi connectivity index (χ3n) is 3.29. The van der Waals surface area contributed by atoms with Crippen LogP contribution in [0.3, 0.4) is 0 Å². The van der Waals surface area contributed by atoms with Crippen molar-refractivity contribution in [3.63, 3.8) is 0 Å². The Morgan fingerprint density at radius 1 is 1.10 bits per heavy atom. The van der Waals surface area contributed by atoms with Gasteiger partial charge < -0.3 is 4.74 Å². The van der Waals surface area contributed by atoms with Gasteiger partial charge in [0, 0.05) is 6.54 Å². The maximum Gasteiger partial charge on any atom is 0.264 e. The fourth-order valence-corrected chi connectivity index (χ4v) is 3.78. The summed E-state index contributed by atoms with van der Waals surface area (Å²) in [5.74, 6) is 0.678. The van der Waals surface area contributed by atoms with Gasteiger partial charge in [-0.1, -0.05) is 18.2 Å². The van der Waals surface area contributed by atoms with E-state index in [1.807, 2.05) is 32.0 Å². The normalized spacial score (nSPS) is 11.2. The molecule has 0 aliphatic rings. The lowest BCUT2D eigenvalue weighted by Gasteiger charge is -2.23. The number of para-hydroxylation sites is 1. The van der Waals surface area contributed by atoms with E-state index in [9.17, 15) is 8.42 Å². The molecule has 4 nitrogen and oxygen atoms in total. The zero-order valence-electron chi connectivity index (χ0n) is 12.4. The number of rotatable bonds is 5. The second-order valence-electron chi connectivity index (χ2n) is 4.64. The molecule has 0 fully saturated rings. The third kappa shape index (κ3) is 3.03. The number of methoxy groups -OCH3 is 1. The minimum atomic E-state index is -3.57. The van der Waals surface area contributed by atoms with Gasteiger partial charge in [0.1, 0.15) is 5.75 Å². The minimum absolute atomic E-state index is 0.270. The maximum atomic E-state index is 12.8. The van der Waals surface area contributed by atoms with Crippen LogP contribution < -0.4 is 9.04 Å². The summed E-state index contributed by atoms with van der Waals surface area (Å²) in [6, 6.07) is 14.0. The number of hydrogen-bond acceptors (Lipinski definition) is 3. The molecule has 21 heavy (non-hydrogen) atoms. The Labute approximate surface area is 126 Å². The Bertz CT molecular complexity index is 712.